The zero-order valence-electron chi connectivity index (χ0n) is 16.9. The van der Waals surface area contributed by atoms with Crippen molar-refractivity contribution in [1.29, 1.82) is 5.26 Å². The van der Waals surface area contributed by atoms with E-state index in [4.69, 9.17) is 5.26 Å². The van der Waals surface area contributed by atoms with Crippen molar-refractivity contribution in [2.75, 3.05) is 13.1 Å². The van der Waals surface area contributed by atoms with Crippen molar-refractivity contribution in [1.82, 2.24) is 4.31 Å². The van der Waals surface area contributed by atoms with Gasteiger partial charge in [-0.15, -0.1) is 0 Å². The Bertz CT molecular complexity index is 730. The van der Waals surface area contributed by atoms with Crippen LogP contribution in [0.15, 0.2) is 70.2 Å². The van der Waals surface area contributed by atoms with Crippen molar-refractivity contribution < 1.29 is 4.79 Å². The Hall–Kier alpha value is -2.09. The number of carbonyl (C=O) groups excluding carboxylic acids is 1. The minimum absolute atomic E-state index is 0.185. The standard InChI is InChI=1S/C21H24N2OS.C2H6/c1-3-14-23(16-17(2)24)25-21-9-5-8-20(12-13-21)19-7-4-6-18(15-22)10-11-19;1-2/h5-7,9-13H,3-4,8,14,16H2,1-2H3;1-2H3. The van der Waals surface area contributed by atoms with Gasteiger partial charge in [-0.05, 0) is 61.4 Å². The Labute approximate surface area is 168 Å². The van der Waals surface area contributed by atoms with E-state index < -0.39 is 0 Å². The maximum Gasteiger partial charge on any atom is 0.144 e. The number of hydrogen-bond acceptors (Lipinski definition) is 4. The Morgan fingerprint density at radius 2 is 2.00 bits per heavy atom. The van der Waals surface area contributed by atoms with Gasteiger partial charge in [-0.3, -0.25) is 4.79 Å². The van der Waals surface area contributed by atoms with E-state index in [0.717, 1.165) is 30.7 Å². The summed E-state index contributed by atoms with van der Waals surface area (Å²) in [5.41, 5.74) is 3.12. The summed E-state index contributed by atoms with van der Waals surface area (Å²) in [6, 6.07) is 2.20. The summed E-state index contributed by atoms with van der Waals surface area (Å²) in [5, 5.41) is 9.02. The van der Waals surface area contributed by atoms with Crippen molar-refractivity contribution in [3.63, 3.8) is 0 Å². The molecular weight excluding hydrogens is 352 g/mol. The van der Waals surface area contributed by atoms with Gasteiger partial charge in [0.25, 0.3) is 0 Å². The summed E-state index contributed by atoms with van der Waals surface area (Å²) in [5.74, 6) is 0.185. The fraction of sp³-hybridized carbons (Fsp3) is 0.391. The van der Waals surface area contributed by atoms with E-state index in [1.54, 1.807) is 18.9 Å². The Morgan fingerprint density at radius 1 is 1.22 bits per heavy atom. The fourth-order valence-corrected chi connectivity index (χ4v) is 3.74. The van der Waals surface area contributed by atoms with Gasteiger partial charge in [0.2, 0.25) is 0 Å². The second kappa shape index (κ2) is 13.1. The molecule has 0 saturated carbocycles. The number of rotatable bonds is 7. The van der Waals surface area contributed by atoms with E-state index in [1.807, 2.05) is 32.1 Å². The van der Waals surface area contributed by atoms with Gasteiger partial charge in [0.1, 0.15) is 5.78 Å². The van der Waals surface area contributed by atoms with Crippen LogP contribution in [-0.2, 0) is 4.79 Å². The molecule has 2 aliphatic carbocycles. The monoisotopic (exact) mass is 382 g/mol. The molecule has 0 atom stereocenters. The molecule has 0 saturated heterocycles. The van der Waals surface area contributed by atoms with E-state index in [9.17, 15) is 4.79 Å². The van der Waals surface area contributed by atoms with Crippen LogP contribution in [0, 0.1) is 11.3 Å². The topological polar surface area (TPSA) is 44.1 Å². The molecule has 0 bridgehead atoms. The van der Waals surface area contributed by atoms with E-state index >= 15 is 0 Å². The molecule has 0 aliphatic heterocycles. The van der Waals surface area contributed by atoms with Crippen molar-refractivity contribution in [3.8, 4) is 6.07 Å². The molecule has 0 aromatic rings. The van der Waals surface area contributed by atoms with Crippen LogP contribution in [0.25, 0.3) is 0 Å². The number of nitriles is 1. The number of carbonyl (C=O) groups is 1. The summed E-state index contributed by atoms with van der Waals surface area (Å²) in [6.07, 6.45) is 19.2. The summed E-state index contributed by atoms with van der Waals surface area (Å²) < 4.78 is 2.12. The van der Waals surface area contributed by atoms with Crippen molar-refractivity contribution in [2.45, 2.75) is 47.0 Å². The van der Waals surface area contributed by atoms with Gasteiger partial charge in [-0.2, -0.15) is 5.26 Å². The second-order valence-electron chi connectivity index (χ2n) is 6.02. The van der Waals surface area contributed by atoms with Crippen LogP contribution < -0.4 is 0 Å². The van der Waals surface area contributed by atoms with Gasteiger partial charge in [-0.25, -0.2) is 4.31 Å². The lowest BCUT2D eigenvalue weighted by Gasteiger charge is -2.19. The first kappa shape index (κ1) is 23.0. The quantitative estimate of drug-likeness (QED) is 0.501. The van der Waals surface area contributed by atoms with Gasteiger partial charge in [0, 0.05) is 17.0 Å². The average molecular weight is 383 g/mol. The molecule has 0 radical (unpaired) electrons. The van der Waals surface area contributed by atoms with Gasteiger partial charge in [-0.1, -0.05) is 57.2 Å². The highest BCUT2D eigenvalue weighted by atomic mass is 32.2. The molecule has 27 heavy (non-hydrogen) atoms. The Kier molecular flexibility index (Phi) is 11.2. The maximum atomic E-state index is 11.4. The van der Waals surface area contributed by atoms with Crippen molar-refractivity contribution in [3.05, 3.63) is 70.2 Å². The minimum Gasteiger partial charge on any atom is -0.299 e. The van der Waals surface area contributed by atoms with Gasteiger partial charge in [0.05, 0.1) is 12.6 Å². The highest BCUT2D eigenvalue weighted by Gasteiger charge is 2.11. The Balaban J connectivity index is 0.00000176. The molecule has 2 aliphatic rings. The lowest BCUT2D eigenvalue weighted by atomic mass is 10.0. The normalized spacial score (nSPS) is 16.0. The molecule has 0 fully saturated rings. The molecule has 0 spiro atoms. The largest absolute Gasteiger partial charge is 0.299 e. The number of nitrogens with zero attached hydrogens (tertiary/aromatic N) is 2. The first-order valence-corrected chi connectivity index (χ1v) is 10.4. The molecule has 0 aromatic heterocycles. The first-order chi connectivity index (χ1) is 13.1. The second-order valence-corrected chi connectivity index (χ2v) is 7.19. The molecule has 3 nitrogen and oxygen atoms in total. The summed E-state index contributed by atoms with van der Waals surface area (Å²) in [4.78, 5) is 12.6. The SMILES string of the molecule is CC.CCCN(CC(C)=O)SC1=CC=C(C2=CCC=C(C#N)C=C2)CC=C1. The van der Waals surface area contributed by atoms with Gasteiger partial charge in [0.15, 0.2) is 0 Å². The molecule has 0 aromatic carbocycles. The van der Waals surface area contributed by atoms with Crippen LogP contribution in [0.5, 0.6) is 0 Å². The lowest BCUT2D eigenvalue weighted by molar-refractivity contribution is -0.117. The molecule has 144 valence electrons. The molecule has 0 heterocycles. The van der Waals surface area contributed by atoms with Gasteiger partial charge >= 0.3 is 0 Å². The number of Topliss-reactive ketones (excluding diaryl/α,β-unsaturated/α-hetero) is 1. The molecule has 4 heteroatoms. The van der Waals surface area contributed by atoms with Crippen molar-refractivity contribution in [2.24, 2.45) is 0 Å². The third-order valence-electron chi connectivity index (χ3n) is 3.79. The van der Waals surface area contributed by atoms with Crippen LogP contribution in [0.4, 0.5) is 0 Å². The van der Waals surface area contributed by atoms with E-state index in [2.05, 4.69) is 47.7 Å². The van der Waals surface area contributed by atoms with Crippen LogP contribution >= 0.6 is 11.9 Å². The van der Waals surface area contributed by atoms with E-state index in [1.165, 1.54) is 11.1 Å². The molecule has 0 N–H and O–H groups in total. The van der Waals surface area contributed by atoms with Gasteiger partial charge < -0.3 is 0 Å². The number of allylic oxidation sites excluding steroid dienone is 11. The molecular formula is C23H30N2OS. The fourth-order valence-electron chi connectivity index (χ4n) is 2.64. The highest BCUT2D eigenvalue weighted by molar-refractivity contribution is 8.01. The first-order valence-electron chi connectivity index (χ1n) is 9.61. The average Bonchev–Trinajstić information content (AvgIpc) is 3.03. The summed E-state index contributed by atoms with van der Waals surface area (Å²) in [6.45, 7) is 9.11. The van der Waals surface area contributed by atoms with Crippen molar-refractivity contribution >= 4 is 17.7 Å². The molecule has 0 unspecified atom stereocenters. The molecule has 2 rings (SSSR count). The van der Waals surface area contributed by atoms with E-state index in [-0.39, 0.29) is 5.78 Å². The lowest BCUT2D eigenvalue weighted by Crippen LogP contribution is -2.22. The third-order valence-corrected chi connectivity index (χ3v) is 4.85. The third kappa shape index (κ3) is 8.43. The van der Waals surface area contributed by atoms with Crippen LogP contribution in [0.2, 0.25) is 0 Å². The number of hydrogen-bond donors (Lipinski definition) is 0. The maximum absolute atomic E-state index is 11.4. The predicted molar refractivity (Wildman–Crippen MR) is 117 cm³/mol. The highest BCUT2D eigenvalue weighted by Crippen LogP contribution is 2.28. The van der Waals surface area contributed by atoms with Crippen LogP contribution in [0.3, 0.4) is 0 Å². The Morgan fingerprint density at radius 3 is 2.67 bits per heavy atom. The van der Waals surface area contributed by atoms with Crippen LogP contribution in [0.1, 0.15) is 47.0 Å². The summed E-state index contributed by atoms with van der Waals surface area (Å²) in [7, 11) is 0. The predicted octanol–water partition coefficient (Wildman–Crippen LogP) is 6.07. The zero-order chi connectivity index (χ0) is 20.1. The number of ketones is 1. The minimum atomic E-state index is 0.185. The van der Waals surface area contributed by atoms with Crippen LogP contribution in [-0.4, -0.2) is 23.2 Å². The smallest absolute Gasteiger partial charge is 0.144 e. The molecule has 0 amide bonds. The summed E-state index contributed by atoms with van der Waals surface area (Å²) >= 11 is 1.64. The van der Waals surface area contributed by atoms with E-state index in [0.29, 0.717) is 12.1 Å². The zero-order valence-corrected chi connectivity index (χ0v) is 17.7.